The number of rotatable bonds is 2. The fourth-order valence-electron chi connectivity index (χ4n) is 1.37. The standard InChI is InChI=1S/C13H13N/c1-11-7-9-13(14-11)10-8-12-5-3-2-4-6-12/h2-10,14H,1H3/b10-8+. The predicted octanol–water partition coefficient (Wildman–Crippen LogP) is 3.49. The number of nitrogens with one attached hydrogen (secondary N) is 1. The first kappa shape index (κ1) is 8.82. The van der Waals surface area contributed by atoms with E-state index in [1.807, 2.05) is 18.2 Å². The molecule has 1 N–H and O–H groups in total. The molecule has 0 saturated carbocycles. The molecule has 1 heteroatoms. The molecule has 0 bridgehead atoms. The van der Waals surface area contributed by atoms with Crippen LogP contribution in [0.15, 0.2) is 42.5 Å². The van der Waals surface area contributed by atoms with Crippen molar-refractivity contribution in [2.75, 3.05) is 0 Å². The van der Waals surface area contributed by atoms with Crippen molar-refractivity contribution < 1.29 is 0 Å². The normalized spacial score (nSPS) is 10.9. The van der Waals surface area contributed by atoms with Gasteiger partial charge in [-0.25, -0.2) is 0 Å². The van der Waals surface area contributed by atoms with Gasteiger partial charge in [-0.2, -0.15) is 0 Å². The fourth-order valence-corrected chi connectivity index (χ4v) is 1.37. The summed E-state index contributed by atoms with van der Waals surface area (Å²) in [4.78, 5) is 3.26. The quantitative estimate of drug-likeness (QED) is 0.733. The van der Waals surface area contributed by atoms with Crippen LogP contribution >= 0.6 is 0 Å². The van der Waals surface area contributed by atoms with Gasteiger partial charge in [0.05, 0.1) is 0 Å². The smallest absolute Gasteiger partial charge is 0.0382 e. The lowest BCUT2D eigenvalue weighted by Crippen LogP contribution is -1.72. The topological polar surface area (TPSA) is 15.8 Å². The van der Waals surface area contributed by atoms with Crippen molar-refractivity contribution in [3.8, 4) is 0 Å². The fraction of sp³-hybridized carbons (Fsp3) is 0.0769. The lowest BCUT2D eigenvalue weighted by atomic mass is 10.2. The SMILES string of the molecule is Cc1ccc(/C=C/c2ccccc2)[nH]1. The van der Waals surface area contributed by atoms with Crippen molar-refractivity contribution in [3.63, 3.8) is 0 Å². The Hall–Kier alpha value is -1.76. The first-order valence-corrected chi connectivity index (χ1v) is 4.73. The Morgan fingerprint density at radius 3 is 2.36 bits per heavy atom. The van der Waals surface area contributed by atoms with Crippen LogP contribution in [0.2, 0.25) is 0 Å². The molecule has 0 amide bonds. The van der Waals surface area contributed by atoms with Gasteiger partial charge in [-0.15, -0.1) is 0 Å². The molecular weight excluding hydrogens is 170 g/mol. The van der Waals surface area contributed by atoms with E-state index in [1.54, 1.807) is 0 Å². The summed E-state index contributed by atoms with van der Waals surface area (Å²) in [6.45, 7) is 2.06. The molecule has 0 atom stereocenters. The molecule has 1 nitrogen and oxygen atoms in total. The Kier molecular flexibility index (Phi) is 2.50. The second kappa shape index (κ2) is 3.97. The molecule has 70 valence electrons. The third kappa shape index (κ3) is 2.13. The second-order valence-electron chi connectivity index (χ2n) is 3.34. The van der Waals surface area contributed by atoms with Crippen molar-refractivity contribution in [1.29, 1.82) is 0 Å². The number of hydrogen-bond acceptors (Lipinski definition) is 0. The lowest BCUT2D eigenvalue weighted by Gasteiger charge is -1.90. The van der Waals surface area contributed by atoms with E-state index in [0.717, 1.165) is 5.69 Å². The summed E-state index contributed by atoms with van der Waals surface area (Å²) in [5.74, 6) is 0. The molecule has 1 heterocycles. The average Bonchev–Trinajstić information content (AvgIpc) is 2.63. The van der Waals surface area contributed by atoms with Gasteiger partial charge in [-0.05, 0) is 30.7 Å². The summed E-state index contributed by atoms with van der Waals surface area (Å²) < 4.78 is 0. The highest BCUT2D eigenvalue weighted by Crippen LogP contribution is 2.07. The molecule has 0 aliphatic heterocycles. The number of aromatic amines is 1. The van der Waals surface area contributed by atoms with Crippen LogP contribution in [0.25, 0.3) is 12.2 Å². The van der Waals surface area contributed by atoms with Crippen molar-refractivity contribution in [2.45, 2.75) is 6.92 Å². The summed E-state index contributed by atoms with van der Waals surface area (Å²) >= 11 is 0. The van der Waals surface area contributed by atoms with Crippen LogP contribution < -0.4 is 0 Å². The third-order valence-corrected chi connectivity index (χ3v) is 2.11. The maximum atomic E-state index is 3.26. The zero-order chi connectivity index (χ0) is 9.80. The predicted molar refractivity (Wildman–Crippen MR) is 60.9 cm³/mol. The number of aromatic nitrogens is 1. The van der Waals surface area contributed by atoms with E-state index in [9.17, 15) is 0 Å². The van der Waals surface area contributed by atoms with Gasteiger partial charge in [-0.1, -0.05) is 36.4 Å². The van der Waals surface area contributed by atoms with Crippen molar-refractivity contribution >= 4 is 12.2 Å². The molecule has 1 aromatic heterocycles. The second-order valence-corrected chi connectivity index (χ2v) is 3.34. The maximum Gasteiger partial charge on any atom is 0.0382 e. The van der Waals surface area contributed by atoms with E-state index in [1.165, 1.54) is 11.3 Å². The number of benzene rings is 1. The van der Waals surface area contributed by atoms with E-state index in [4.69, 9.17) is 0 Å². The average molecular weight is 183 g/mol. The first-order chi connectivity index (χ1) is 6.84. The Balaban J connectivity index is 2.15. The minimum Gasteiger partial charge on any atom is -0.359 e. The van der Waals surface area contributed by atoms with Gasteiger partial charge in [0.15, 0.2) is 0 Å². The van der Waals surface area contributed by atoms with Gasteiger partial charge in [-0.3, -0.25) is 0 Å². The van der Waals surface area contributed by atoms with Gasteiger partial charge in [0.2, 0.25) is 0 Å². The van der Waals surface area contributed by atoms with Gasteiger partial charge >= 0.3 is 0 Å². The summed E-state index contributed by atoms with van der Waals surface area (Å²) in [6, 6.07) is 14.4. The molecular formula is C13H13N. The first-order valence-electron chi connectivity index (χ1n) is 4.73. The highest BCUT2D eigenvalue weighted by molar-refractivity contribution is 5.68. The van der Waals surface area contributed by atoms with E-state index in [2.05, 4.69) is 48.3 Å². The molecule has 0 saturated heterocycles. The molecule has 0 unspecified atom stereocenters. The van der Waals surface area contributed by atoms with Crippen LogP contribution in [0.4, 0.5) is 0 Å². The molecule has 0 aliphatic carbocycles. The van der Waals surface area contributed by atoms with Crippen LogP contribution in [0.1, 0.15) is 17.0 Å². The van der Waals surface area contributed by atoms with E-state index in [-0.39, 0.29) is 0 Å². The Labute approximate surface area is 84.1 Å². The third-order valence-electron chi connectivity index (χ3n) is 2.11. The molecule has 0 aliphatic rings. The van der Waals surface area contributed by atoms with Gasteiger partial charge in [0, 0.05) is 11.4 Å². The molecule has 0 fully saturated rings. The number of H-pyrrole nitrogens is 1. The maximum absolute atomic E-state index is 3.26. The van der Waals surface area contributed by atoms with Crippen molar-refractivity contribution in [2.24, 2.45) is 0 Å². The molecule has 0 spiro atoms. The number of aryl methyl sites for hydroxylation is 1. The Bertz CT molecular complexity index is 424. The molecule has 1 aromatic carbocycles. The lowest BCUT2D eigenvalue weighted by molar-refractivity contribution is 1.25. The highest BCUT2D eigenvalue weighted by Gasteiger charge is 1.89. The Morgan fingerprint density at radius 2 is 1.71 bits per heavy atom. The van der Waals surface area contributed by atoms with E-state index >= 15 is 0 Å². The summed E-state index contributed by atoms with van der Waals surface area (Å²) in [7, 11) is 0. The van der Waals surface area contributed by atoms with Gasteiger partial charge in [0.25, 0.3) is 0 Å². The van der Waals surface area contributed by atoms with Crippen LogP contribution in [-0.2, 0) is 0 Å². The minimum absolute atomic E-state index is 1.14. The molecule has 0 radical (unpaired) electrons. The van der Waals surface area contributed by atoms with E-state index < -0.39 is 0 Å². The van der Waals surface area contributed by atoms with Crippen LogP contribution in [0, 0.1) is 6.92 Å². The summed E-state index contributed by atoms with van der Waals surface area (Å²) in [6.07, 6.45) is 4.19. The molecule has 2 aromatic rings. The van der Waals surface area contributed by atoms with Crippen LogP contribution in [0.3, 0.4) is 0 Å². The minimum atomic E-state index is 1.14. The monoisotopic (exact) mass is 183 g/mol. The van der Waals surface area contributed by atoms with Crippen molar-refractivity contribution in [3.05, 3.63) is 59.4 Å². The summed E-state index contributed by atoms with van der Waals surface area (Å²) in [5, 5.41) is 0. The zero-order valence-corrected chi connectivity index (χ0v) is 8.20. The van der Waals surface area contributed by atoms with Crippen molar-refractivity contribution in [1.82, 2.24) is 4.98 Å². The zero-order valence-electron chi connectivity index (χ0n) is 8.20. The number of hydrogen-bond donors (Lipinski definition) is 1. The van der Waals surface area contributed by atoms with Gasteiger partial charge in [0.1, 0.15) is 0 Å². The summed E-state index contributed by atoms with van der Waals surface area (Å²) in [5.41, 5.74) is 3.56. The highest BCUT2D eigenvalue weighted by atomic mass is 14.7. The van der Waals surface area contributed by atoms with Gasteiger partial charge < -0.3 is 4.98 Å². The van der Waals surface area contributed by atoms with Crippen LogP contribution in [0.5, 0.6) is 0 Å². The van der Waals surface area contributed by atoms with E-state index in [0.29, 0.717) is 0 Å². The molecule has 14 heavy (non-hydrogen) atoms. The molecule has 2 rings (SSSR count). The Morgan fingerprint density at radius 1 is 0.929 bits per heavy atom. The largest absolute Gasteiger partial charge is 0.359 e. The van der Waals surface area contributed by atoms with Crippen LogP contribution in [-0.4, -0.2) is 4.98 Å².